The van der Waals surface area contributed by atoms with Gasteiger partial charge < -0.3 is 13.9 Å². The Bertz CT molecular complexity index is 906. The molecule has 0 saturated heterocycles. The van der Waals surface area contributed by atoms with Crippen LogP contribution in [0.5, 0.6) is 11.5 Å². The number of ether oxygens (including phenoxy) is 2. The van der Waals surface area contributed by atoms with Crippen LogP contribution in [0.2, 0.25) is 0 Å². The number of hydrogen-bond acceptors (Lipinski definition) is 4. The van der Waals surface area contributed by atoms with E-state index in [1.807, 2.05) is 26.0 Å². The molecule has 21 heavy (non-hydrogen) atoms. The van der Waals surface area contributed by atoms with Gasteiger partial charge in [-0.3, -0.25) is 0 Å². The van der Waals surface area contributed by atoms with E-state index >= 15 is 0 Å². The zero-order chi connectivity index (χ0) is 15.1. The van der Waals surface area contributed by atoms with Crippen molar-refractivity contribution >= 4 is 21.7 Å². The van der Waals surface area contributed by atoms with Gasteiger partial charge in [0, 0.05) is 16.3 Å². The molecule has 0 aliphatic carbocycles. The van der Waals surface area contributed by atoms with E-state index in [-0.39, 0.29) is 5.63 Å². The predicted octanol–water partition coefficient (Wildman–Crippen LogP) is 3.58. The Kier molecular flexibility index (Phi) is 3.09. The minimum absolute atomic E-state index is 0.351. The van der Waals surface area contributed by atoms with Gasteiger partial charge in [0.1, 0.15) is 17.1 Å². The van der Waals surface area contributed by atoms with Gasteiger partial charge in [0.25, 0.3) is 0 Å². The topological polar surface area (TPSA) is 48.7 Å². The zero-order valence-electron chi connectivity index (χ0n) is 12.4. The second-order valence-electron chi connectivity index (χ2n) is 5.03. The molecule has 4 heteroatoms. The molecule has 0 radical (unpaired) electrons. The van der Waals surface area contributed by atoms with Gasteiger partial charge in [0.2, 0.25) is 0 Å². The molecule has 1 heterocycles. The van der Waals surface area contributed by atoms with E-state index in [1.165, 1.54) is 0 Å². The van der Waals surface area contributed by atoms with E-state index in [2.05, 4.69) is 0 Å². The van der Waals surface area contributed by atoms with Gasteiger partial charge in [0.15, 0.2) is 0 Å². The minimum atomic E-state index is -0.351. The lowest BCUT2D eigenvalue weighted by molar-refractivity contribution is 0.410. The van der Waals surface area contributed by atoms with Crippen molar-refractivity contribution in [1.29, 1.82) is 0 Å². The number of hydrogen-bond donors (Lipinski definition) is 0. The first-order chi connectivity index (χ1) is 10.1. The van der Waals surface area contributed by atoms with Crippen LogP contribution in [-0.2, 0) is 0 Å². The normalized spacial score (nSPS) is 11.0. The molecular formula is C17H16O4. The molecule has 0 N–H and O–H groups in total. The maximum atomic E-state index is 12.2. The second-order valence-corrected chi connectivity index (χ2v) is 5.03. The smallest absolute Gasteiger partial charge is 0.344 e. The first-order valence-corrected chi connectivity index (χ1v) is 6.65. The van der Waals surface area contributed by atoms with Crippen LogP contribution >= 0.6 is 0 Å². The third kappa shape index (κ3) is 1.95. The first kappa shape index (κ1) is 13.5. The van der Waals surface area contributed by atoms with Crippen LogP contribution in [0.3, 0.4) is 0 Å². The molecule has 0 amide bonds. The van der Waals surface area contributed by atoms with Crippen molar-refractivity contribution in [2.45, 2.75) is 13.8 Å². The highest BCUT2D eigenvalue weighted by Crippen LogP contribution is 2.34. The second kappa shape index (κ2) is 4.81. The lowest BCUT2D eigenvalue weighted by Crippen LogP contribution is -2.02. The molecule has 2 aromatic carbocycles. The first-order valence-electron chi connectivity index (χ1n) is 6.65. The largest absolute Gasteiger partial charge is 0.497 e. The molecule has 0 atom stereocenters. The molecule has 108 valence electrons. The van der Waals surface area contributed by atoms with Crippen LogP contribution in [0.15, 0.2) is 33.5 Å². The van der Waals surface area contributed by atoms with Crippen molar-refractivity contribution < 1.29 is 13.9 Å². The third-order valence-corrected chi connectivity index (χ3v) is 3.81. The molecule has 0 saturated carbocycles. The average Bonchev–Trinajstić information content (AvgIpc) is 2.50. The van der Waals surface area contributed by atoms with Gasteiger partial charge in [-0.25, -0.2) is 4.79 Å². The summed E-state index contributed by atoms with van der Waals surface area (Å²) in [5.41, 5.74) is 2.03. The lowest BCUT2D eigenvalue weighted by Gasteiger charge is -2.12. The summed E-state index contributed by atoms with van der Waals surface area (Å²) < 4.78 is 16.1. The minimum Gasteiger partial charge on any atom is -0.497 e. The summed E-state index contributed by atoms with van der Waals surface area (Å²) in [7, 11) is 3.21. The van der Waals surface area contributed by atoms with Crippen molar-refractivity contribution in [2.75, 3.05) is 14.2 Å². The highest BCUT2D eigenvalue weighted by Gasteiger charge is 2.15. The van der Waals surface area contributed by atoms with Crippen LogP contribution in [-0.4, -0.2) is 14.2 Å². The van der Waals surface area contributed by atoms with E-state index in [0.717, 1.165) is 21.9 Å². The Labute approximate surface area is 121 Å². The van der Waals surface area contributed by atoms with Crippen LogP contribution in [0.1, 0.15) is 11.1 Å². The summed E-state index contributed by atoms with van der Waals surface area (Å²) >= 11 is 0. The molecule has 0 bridgehead atoms. The predicted molar refractivity (Wildman–Crippen MR) is 82.6 cm³/mol. The standard InChI is InChI=1S/C17H16O4/c1-9-7-14(20-4)10(2)16-15(9)13-8-11(19-3)5-6-12(13)17(18)21-16/h5-8H,1-4H3. The SMILES string of the molecule is COc1ccc2c(=O)oc3c(C)c(OC)cc(C)c3c2c1. The summed E-state index contributed by atoms with van der Waals surface area (Å²) in [6.07, 6.45) is 0. The summed E-state index contributed by atoms with van der Waals surface area (Å²) in [5.74, 6) is 1.42. The quantitative estimate of drug-likeness (QED) is 0.533. The summed E-state index contributed by atoms with van der Waals surface area (Å²) in [4.78, 5) is 12.2. The maximum Gasteiger partial charge on any atom is 0.344 e. The van der Waals surface area contributed by atoms with E-state index in [0.29, 0.717) is 22.5 Å². The highest BCUT2D eigenvalue weighted by molar-refractivity contribution is 6.07. The van der Waals surface area contributed by atoms with Crippen molar-refractivity contribution in [3.63, 3.8) is 0 Å². The fourth-order valence-electron chi connectivity index (χ4n) is 2.71. The summed E-state index contributed by atoms with van der Waals surface area (Å²) in [6.45, 7) is 3.86. The Morgan fingerprint density at radius 3 is 2.43 bits per heavy atom. The van der Waals surface area contributed by atoms with E-state index in [4.69, 9.17) is 13.9 Å². The molecule has 0 aliphatic heterocycles. The van der Waals surface area contributed by atoms with Crippen molar-refractivity contribution in [2.24, 2.45) is 0 Å². The van der Waals surface area contributed by atoms with E-state index in [1.54, 1.807) is 26.4 Å². The van der Waals surface area contributed by atoms with Gasteiger partial charge >= 0.3 is 5.63 Å². The van der Waals surface area contributed by atoms with Gasteiger partial charge in [-0.1, -0.05) is 0 Å². The van der Waals surface area contributed by atoms with Crippen molar-refractivity contribution in [3.05, 3.63) is 45.8 Å². The summed E-state index contributed by atoms with van der Waals surface area (Å²) in [6, 6.07) is 7.32. The Morgan fingerprint density at radius 2 is 1.76 bits per heavy atom. The van der Waals surface area contributed by atoms with Crippen LogP contribution in [0, 0.1) is 13.8 Å². The molecule has 0 fully saturated rings. The highest BCUT2D eigenvalue weighted by atomic mass is 16.5. The zero-order valence-corrected chi connectivity index (χ0v) is 12.4. The van der Waals surface area contributed by atoms with Crippen LogP contribution < -0.4 is 15.1 Å². The maximum absolute atomic E-state index is 12.2. The third-order valence-electron chi connectivity index (χ3n) is 3.81. The van der Waals surface area contributed by atoms with Gasteiger partial charge in [-0.2, -0.15) is 0 Å². The lowest BCUT2D eigenvalue weighted by atomic mass is 10.00. The molecule has 3 rings (SSSR count). The van der Waals surface area contributed by atoms with E-state index < -0.39 is 0 Å². The Balaban J connectivity index is 2.59. The molecule has 1 aromatic heterocycles. The molecule has 0 aliphatic rings. The molecule has 0 spiro atoms. The van der Waals surface area contributed by atoms with Crippen molar-refractivity contribution in [1.82, 2.24) is 0 Å². The fraction of sp³-hybridized carbons (Fsp3) is 0.235. The molecular weight excluding hydrogens is 268 g/mol. The molecule has 0 unspecified atom stereocenters. The average molecular weight is 284 g/mol. The number of fused-ring (bicyclic) bond motifs is 3. The van der Waals surface area contributed by atoms with Gasteiger partial charge in [-0.15, -0.1) is 0 Å². The number of methoxy groups -OCH3 is 2. The Morgan fingerprint density at radius 1 is 1.00 bits per heavy atom. The van der Waals surface area contributed by atoms with Crippen molar-refractivity contribution in [3.8, 4) is 11.5 Å². The number of benzene rings is 2. The van der Waals surface area contributed by atoms with Gasteiger partial charge in [-0.05, 0) is 43.7 Å². The summed E-state index contributed by atoms with van der Waals surface area (Å²) in [5, 5.41) is 2.31. The number of rotatable bonds is 2. The Hall–Kier alpha value is -2.49. The van der Waals surface area contributed by atoms with Gasteiger partial charge in [0.05, 0.1) is 19.6 Å². The molecule has 3 aromatic rings. The fourth-order valence-corrected chi connectivity index (χ4v) is 2.71. The molecule has 4 nitrogen and oxygen atoms in total. The van der Waals surface area contributed by atoms with Crippen LogP contribution in [0.4, 0.5) is 0 Å². The van der Waals surface area contributed by atoms with Crippen LogP contribution in [0.25, 0.3) is 21.7 Å². The number of aryl methyl sites for hydroxylation is 2. The monoisotopic (exact) mass is 284 g/mol. The van der Waals surface area contributed by atoms with E-state index in [9.17, 15) is 4.79 Å².